The third-order valence-corrected chi connectivity index (χ3v) is 12.5. The van der Waals surface area contributed by atoms with Crippen molar-refractivity contribution in [1.82, 2.24) is 19.1 Å². The fourth-order valence-corrected chi connectivity index (χ4v) is 9.56. The zero-order valence-electron chi connectivity index (χ0n) is 33.9. The summed E-state index contributed by atoms with van der Waals surface area (Å²) >= 11 is 0. The quantitative estimate of drug-likeness (QED) is 0.161. The summed E-state index contributed by atoms with van der Waals surface area (Å²) in [5, 5.41) is 4.64. The molecule has 0 N–H and O–H groups in total. The number of allylic oxidation sites excluding steroid dienone is 9. The van der Waals surface area contributed by atoms with E-state index in [1.54, 1.807) is 0 Å². The number of nitrogens with zero attached hydrogens (tertiary/aromatic N) is 4. The van der Waals surface area contributed by atoms with Crippen LogP contribution in [0.15, 0.2) is 230 Å². The Kier molecular flexibility index (Phi) is 8.60. The Morgan fingerprint density at radius 1 is 0.435 bits per heavy atom. The summed E-state index contributed by atoms with van der Waals surface area (Å²) in [7, 11) is 0. The van der Waals surface area contributed by atoms with Gasteiger partial charge in [-0.15, -0.1) is 0 Å². The maximum atomic E-state index is 5.26. The number of fused-ring (bicyclic) bond motifs is 6. The zero-order chi connectivity index (χ0) is 41.0. The lowest BCUT2D eigenvalue weighted by molar-refractivity contribution is 0.659. The van der Waals surface area contributed by atoms with Gasteiger partial charge in [0.25, 0.3) is 0 Å². The summed E-state index contributed by atoms with van der Waals surface area (Å²) in [5.41, 5.74) is 14.7. The van der Waals surface area contributed by atoms with Crippen LogP contribution in [0.3, 0.4) is 0 Å². The van der Waals surface area contributed by atoms with E-state index in [2.05, 4.69) is 228 Å². The maximum absolute atomic E-state index is 5.26. The van der Waals surface area contributed by atoms with Crippen molar-refractivity contribution < 1.29 is 0 Å². The van der Waals surface area contributed by atoms with Gasteiger partial charge in [-0.3, -0.25) is 4.57 Å². The summed E-state index contributed by atoms with van der Waals surface area (Å²) in [6.07, 6.45) is 18.8. The standard InChI is InChI=1S/C58H40N4/c1-4-16-40(17-5-1)56-50-24-10-13-25-52(50)59-58(60-56)62-54-27-15-12-23-48(54)51-38-45(33-35-55(51)62)44-32-31-42-36-39(28-30-43(42)37-44)29-34-49-47-22-11-14-26-53(47)61(46-20-8-3-9-21-46)57(49)41-18-6-2-7-19-41/h1-38,42-43H/b34-29+. The van der Waals surface area contributed by atoms with Crippen LogP contribution >= 0.6 is 0 Å². The van der Waals surface area contributed by atoms with Crippen LogP contribution in [0.5, 0.6) is 0 Å². The smallest absolute Gasteiger partial charge is 0.235 e. The highest BCUT2D eigenvalue weighted by Crippen LogP contribution is 2.40. The third kappa shape index (κ3) is 6.07. The van der Waals surface area contributed by atoms with Gasteiger partial charge in [0, 0.05) is 50.2 Å². The van der Waals surface area contributed by atoms with Gasteiger partial charge in [0.15, 0.2) is 0 Å². The first kappa shape index (κ1) is 35.8. The molecule has 0 fully saturated rings. The molecule has 0 aliphatic heterocycles. The van der Waals surface area contributed by atoms with Crippen molar-refractivity contribution in [3.8, 4) is 34.2 Å². The molecule has 3 aromatic heterocycles. The number of rotatable bonds is 7. The average molecular weight is 793 g/mol. The van der Waals surface area contributed by atoms with E-state index in [0.717, 1.165) is 38.9 Å². The van der Waals surface area contributed by atoms with E-state index < -0.39 is 0 Å². The molecular formula is C58H40N4. The van der Waals surface area contributed by atoms with E-state index in [1.165, 1.54) is 55.2 Å². The van der Waals surface area contributed by atoms with Crippen LogP contribution in [-0.4, -0.2) is 19.1 Å². The number of hydrogen-bond acceptors (Lipinski definition) is 2. The number of para-hydroxylation sites is 4. The molecule has 4 heteroatoms. The van der Waals surface area contributed by atoms with E-state index in [0.29, 0.717) is 5.95 Å². The number of benzene rings is 7. The Morgan fingerprint density at radius 3 is 1.84 bits per heavy atom. The number of hydrogen-bond donors (Lipinski definition) is 0. The lowest BCUT2D eigenvalue weighted by Crippen LogP contribution is -2.12. The molecule has 7 aromatic carbocycles. The van der Waals surface area contributed by atoms with Crippen LogP contribution in [0.25, 0.3) is 89.4 Å². The molecule has 2 atom stereocenters. The highest BCUT2D eigenvalue weighted by atomic mass is 15.2. The SMILES string of the molecule is C1=CC2C=C(c3ccc4c(c3)c3ccccc3n4-c3nc(-c4ccccc4)c4ccccc4n3)C=CC2C=C1/C=C/c1c(-c2ccccc2)n(-c2ccccc2)c2ccccc12. The maximum Gasteiger partial charge on any atom is 0.235 e. The van der Waals surface area contributed by atoms with Crippen molar-refractivity contribution in [3.05, 3.63) is 241 Å². The summed E-state index contributed by atoms with van der Waals surface area (Å²) < 4.78 is 4.62. The molecule has 0 saturated heterocycles. The van der Waals surface area contributed by atoms with Crippen molar-refractivity contribution in [3.63, 3.8) is 0 Å². The fourth-order valence-electron chi connectivity index (χ4n) is 9.56. The van der Waals surface area contributed by atoms with Crippen molar-refractivity contribution in [2.45, 2.75) is 0 Å². The van der Waals surface area contributed by atoms with Crippen LogP contribution in [-0.2, 0) is 0 Å². The highest BCUT2D eigenvalue weighted by Gasteiger charge is 2.23. The molecule has 2 aliphatic rings. The largest absolute Gasteiger partial charge is 0.309 e. The van der Waals surface area contributed by atoms with Gasteiger partial charge >= 0.3 is 0 Å². The van der Waals surface area contributed by atoms with Crippen LogP contribution in [0.1, 0.15) is 11.1 Å². The lowest BCUT2D eigenvalue weighted by Gasteiger charge is -2.25. The summed E-state index contributed by atoms with van der Waals surface area (Å²) in [5.74, 6) is 1.21. The van der Waals surface area contributed by atoms with E-state index in [9.17, 15) is 0 Å². The van der Waals surface area contributed by atoms with Gasteiger partial charge in [-0.2, -0.15) is 0 Å². The Morgan fingerprint density at radius 2 is 1.05 bits per heavy atom. The second-order valence-electron chi connectivity index (χ2n) is 16.2. The molecule has 3 heterocycles. The van der Waals surface area contributed by atoms with Gasteiger partial charge < -0.3 is 4.57 Å². The van der Waals surface area contributed by atoms with Gasteiger partial charge in [0.1, 0.15) is 0 Å². The highest BCUT2D eigenvalue weighted by molar-refractivity contribution is 6.10. The average Bonchev–Trinajstić information content (AvgIpc) is 3.86. The van der Waals surface area contributed by atoms with E-state index in [4.69, 9.17) is 9.97 Å². The Hall–Kier alpha value is -8.08. The minimum atomic E-state index is 0.270. The summed E-state index contributed by atoms with van der Waals surface area (Å²) in [6, 6.07) is 64.3. The zero-order valence-corrected chi connectivity index (χ0v) is 33.9. The Bertz CT molecular complexity index is 3510. The van der Waals surface area contributed by atoms with Gasteiger partial charge in [0.2, 0.25) is 5.95 Å². The predicted molar refractivity (Wildman–Crippen MR) is 258 cm³/mol. The fraction of sp³-hybridized carbons (Fsp3) is 0.0345. The molecule has 0 spiro atoms. The van der Waals surface area contributed by atoms with Crippen LogP contribution < -0.4 is 0 Å². The molecule has 0 radical (unpaired) electrons. The minimum Gasteiger partial charge on any atom is -0.309 e. The van der Waals surface area contributed by atoms with E-state index in [-0.39, 0.29) is 11.8 Å². The second kappa shape index (κ2) is 14.9. The molecule has 12 rings (SSSR count). The second-order valence-corrected chi connectivity index (χ2v) is 16.2. The molecule has 0 saturated carbocycles. The molecular weight excluding hydrogens is 753 g/mol. The third-order valence-electron chi connectivity index (χ3n) is 12.5. The van der Waals surface area contributed by atoms with Gasteiger partial charge in [-0.25, -0.2) is 9.97 Å². The predicted octanol–water partition coefficient (Wildman–Crippen LogP) is 14.4. The normalized spacial score (nSPS) is 16.1. The van der Waals surface area contributed by atoms with Crippen LogP contribution in [0.4, 0.5) is 0 Å². The summed E-state index contributed by atoms with van der Waals surface area (Å²) in [6.45, 7) is 0. The van der Waals surface area contributed by atoms with E-state index >= 15 is 0 Å². The molecule has 292 valence electrons. The van der Waals surface area contributed by atoms with Gasteiger partial charge in [0.05, 0.1) is 33.5 Å². The molecule has 2 aliphatic carbocycles. The first-order valence-electron chi connectivity index (χ1n) is 21.3. The van der Waals surface area contributed by atoms with Crippen molar-refractivity contribution in [2.75, 3.05) is 0 Å². The monoisotopic (exact) mass is 792 g/mol. The van der Waals surface area contributed by atoms with Crippen molar-refractivity contribution in [2.24, 2.45) is 11.8 Å². The lowest BCUT2D eigenvalue weighted by atomic mass is 9.80. The van der Waals surface area contributed by atoms with Gasteiger partial charge in [-0.05, 0) is 64.7 Å². The van der Waals surface area contributed by atoms with Crippen LogP contribution in [0.2, 0.25) is 0 Å². The Balaban J connectivity index is 0.883. The first-order chi connectivity index (χ1) is 30.7. The molecule has 2 unspecified atom stereocenters. The minimum absolute atomic E-state index is 0.270. The summed E-state index contributed by atoms with van der Waals surface area (Å²) in [4.78, 5) is 10.4. The molecule has 0 amide bonds. The van der Waals surface area contributed by atoms with Crippen molar-refractivity contribution in [1.29, 1.82) is 0 Å². The number of aromatic nitrogens is 4. The molecule has 62 heavy (non-hydrogen) atoms. The topological polar surface area (TPSA) is 35.6 Å². The van der Waals surface area contributed by atoms with E-state index in [1.807, 2.05) is 12.1 Å². The van der Waals surface area contributed by atoms with Crippen molar-refractivity contribution >= 4 is 55.3 Å². The molecule has 10 aromatic rings. The molecule has 4 nitrogen and oxygen atoms in total. The first-order valence-corrected chi connectivity index (χ1v) is 21.3. The van der Waals surface area contributed by atoms with Crippen LogP contribution in [0, 0.1) is 11.8 Å². The van der Waals surface area contributed by atoms with Gasteiger partial charge in [-0.1, -0.05) is 188 Å². The molecule has 0 bridgehead atoms. The Labute approximate surface area is 360 Å².